The Balaban J connectivity index is 1.54. The minimum atomic E-state index is -4.58. The van der Waals surface area contributed by atoms with E-state index in [0.717, 1.165) is 17.1 Å². The molecule has 0 saturated heterocycles. The lowest BCUT2D eigenvalue weighted by atomic mass is 9.84. The van der Waals surface area contributed by atoms with Crippen LogP contribution in [0.3, 0.4) is 0 Å². The van der Waals surface area contributed by atoms with Gasteiger partial charge in [-0.3, -0.25) is 14.6 Å². The first-order chi connectivity index (χ1) is 19.3. The molecule has 4 rings (SSSR count). The van der Waals surface area contributed by atoms with Gasteiger partial charge in [0.2, 0.25) is 0 Å². The zero-order valence-electron chi connectivity index (χ0n) is 24.1. The molecule has 0 spiro atoms. The summed E-state index contributed by atoms with van der Waals surface area (Å²) < 4.78 is 51.8. The number of pyridine rings is 1. The molecule has 2 aliphatic rings. The van der Waals surface area contributed by atoms with E-state index in [1.807, 2.05) is 16.8 Å². The van der Waals surface area contributed by atoms with Gasteiger partial charge in [0.25, 0.3) is 5.91 Å². The number of carbonyl (C=O) groups excluding carboxylic acids is 1. The maximum Gasteiger partial charge on any atom is 0.407 e. The third kappa shape index (κ3) is 7.71. The predicted octanol–water partition coefficient (Wildman–Crippen LogP) is 5.27. The lowest BCUT2D eigenvalue weighted by Crippen LogP contribution is -2.52. The van der Waals surface area contributed by atoms with Crippen LogP contribution in [0.2, 0.25) is 25.7 Å². The third-order valence-corrected chi connectivity index (χ3v) is 9.48. The molecule has 0 atom stereocenters. The number of nitrogens with zero attached hydrogens (tertiary/aromatic N) is 5. The predicted molar refractivity (Wildman–Crippen MR) is 151 cm³/mol. The molecule has 0 aromatic carbocycles. The van der Waals surface area contributed by atoms with E-state index in [1.54, 1.807) is 11.1 Å². The van der Waals surface area contributed by atoms with Crippen molar-refractivity contribution in [3.63, 3.8) is 0 Å². The second-order valence-corrected chi connectivity index (χ2v) is 17.8. The van der Waals surface area contributed by atoms with Crippen LogP contribution in [0.4, 0.5) is 23.7 Å². The summed E-state index contributed by atoms with van der Waals surface area (Å²) in [4.78, 5) is 33.6. The molecule has 14 heteroatoms. The number of anilines is 1. The number of rotatable bonds is 11. The van der Waals surface area contributed by atoms with E-state index >= 15 is 0 Å². The highest BCUT2D eigenvalue weighted by molar-refractivity contribution is 6.76. The van der Waals surface area contributed by atoms with E-state index in [-0.39, 0.29) is 31.1 Å². The van der Waals surface area contributed by atoms with Gasteiger partial charge < -0.3 is 24.0 Å². The van der Waals surface area contributed by atoms with Crippen LogP contribution in [0.15, 0.2) is 18.5 Å². The molecule has 2 aromatic rings. The number of hydrogen-bond acceptors (Lipinski definition) is 6. The molecule has 0 unspecified atom stereocenters. The number of aromatic nitrogens is 2. The molecule has 10 nitrogen and oxygen atoms in total. The number of alkyl halides is 3. The maximum absolute atomic E-state index is 13.3. The summed E-state index contributed by atoms with van der Waals surface area (Å²) in [6.45, 7) is 6.71. The van der Waals surface area contributed by atoms with Gasteiger partial charge in [-0.05, 0) is 43.7 Å². The molecule has 1 aliphatic carbocycles. The molecule has 1 saturated carbocycles. The van der Waals surface area contributed by atoms with Gasteiger partial charge in [0.15, 0.2) is 0 Å². The van der Waals surface area contributed by atoms with Crippen LogP contribution in [0.1, 0.15) is 36.0 Å². The Kier molecular flexibility index (Phi) is 9.54. The summed E-state index contributed by atoms with van der Waals surface area (Å²) in [5.41, 5.74) is 1.98. The van der Waals surface area contributed by atoms with Crippen molar-refractivity contribution in [2.45, 2.75) is 70.3 Å². The summed E-state index contributed by atoms with van der Waals surface area (Å²) in [5, 5.41) is 10.1. The number of methoxy groups -OCH3 is 1. The van der Waals surface area contributed by atoms with Crippen molar-refractivity contribution in [1.82, 2.24) is 19.4 Å². The van der Waals surface area contributed by atoms with Gasteiger partial charge >= 0.3 is 12.3 Å². The van der Waals surface area contributed by atoms with Crippen LogP contribution in [0.25, 0.3) is 11.0 Å². The van der Waals surface area contributed by atoms with E-state index in [1.165, 1.54) is 7.11 Å². The molecule has 41 heavy (non-hydrogen) atoms. The first kappa shape index (κ1) is 31.1. The Hall–Kier alpha value is -2.84. The van der Waals surface area contributed by atoms with Gasteiger partial charge in [0, 0.05) is 52.2 Å². The lowest BCUT2D eigenvalue weighted by molar-refractivity contribution is -0.143. The number of ether oxygens (including phenoxy) is 2. The molecule has 0 bridgehead atoms. The van der Waals surface area contributed by atoms with Gasteiger partial charge in [-0.1, -0.05) is 19.6 Å². The first-order valence-corrected chi connectivity index (χ1v) is 17.6. The summed E-state index contributed by atoms with van der Waals surface area (Å²) >= 11 is 0. The Morgan fingerprint density at radius 2 is 1.90 bits per heavy atom. The number of amides is 2. The van der Waals surface area contributed by atoms with Crippen LogP contribution in [0.5, 0.6) is 0 Å². The Morgan fingerprint density at radius 3 is 2.51 bits per heavy atom. The fraction of sp³-hybridized carbons (Fsp3) is 0.667. The van der Waals surface area contributed by atoms with Crippen LogP contribution in [0, 0.1) is 5.92 Å². The van der Waals surface area contributed by atoms with Crippen LogP contribution >= 0.6 is 0 Å². The smallest absolute Gasteiger partial charge is 0.407 e. The van der Waals surface area contributed by atoms with Gasteiger partial charge in [0.05, 0.1) is 17.9 Å². The summed E-state index contributed by atoms with van der Waals surface area (Å²) in [7, 11) is 0.302. The quantitative estimate of drug-likeness (QED) is 0.277. The van der Waals surface area contributed by atoms with E-state index in [9.17, 15) is 27.9 Å². The van der Waals surface area contributed by atoms with Gasteiger partial charge in [-0.25, -0.2) is 9.78 Å². The lowest BCUT2D eigenvalue weighted by Gasteiger charge is -2.44. The molecule has 0 radical (unpaired) electrons. The molecular formula is C27H40F3N5O5Si. The van der Waals surface area contributed by atoms with Gasteiger partial charge in [-0.2, -0.15) is 13.2 Å². The molecule has 228 valence electrons. The fourth-order valence-electron chi connectivity index (χ4n) is 5.66. The molecule has 1 N–H and O–H groups in total. The number of hydrogen-bond donors (Lipinski definition) is 1. The van der Waals surface area contributed by atoms with E-state index < -0.39 is 26.9 Å². The highest BCUT2D eigenvalue weighted by Gasteiger charge is 2.38. The minimum absolute atomic E-state index is 0.0142. The Labute approximate surface area is 239 Å². The second-order valence-electron chi connectivity index (χ2n) is 12.2. The van der Waals surface area contributed by atoms with Crippen molar-refractivity contribution in [1.29, 1.82) is 0 Å². The number of fused-ring (bicyclic) bond motifs is 3. The van der Waals surface area contributed by atoms with Crippen molar-refractivity contribution < 1.29 is 37.3 Å². The maximum atomic E-state index is 13.3. The average molecular weight is 600 g/mol. The Bertz CT molecular complexity index is 1230. The van der Waals surface area contributed by atoms with Crippen molar-refractivity contribution in [3.05, 3.63) is 24.0 Å². The van der Waals surface area contributed by atoms with Crippen molar-refractivity contribution in [3.8, 4) is 0 Å². The minimum Gasteiger partial charge on any atom is -0.465 e. The molecular weight excluding hydrogens is 559 g/mol. The van der Waals surface area contributed by atoms with Crippen molar-refractivity contribution in [2.75, 3.05) is 45.1 Å². The average Bonchev–Trinajstić information content (AvgIpc) is 3.30. The Morgan fingerprint density at radius 1 is 1.20 bits per heavy atom. The SMILES string of the molecule is COCN1CN([C@H]2CC[C@H](CN(CC(F)(F)F)C(=O)O)CC2)c2c(cnc3c2ccn3COCC[Si](C)(C)C)C1=O. The number of carboxylic acid groups (broad SMARTS) is 1. The van der Waals surface area contributed by atoms with E-state index in [0.29, 0.717) is 61.8 Å². The standard InChI is InChI=1S/C27H40F3N5O5Si/c1-39-17-34-16-35(20-7-5-19(6-8-20)14-33(26(37)38)15-27(28,29)30)23-21-9-10-32(18-40-11-12-41(2,3)4)24(21)31-13-22(23)25(34)36/h9-10,13,19-20H,5-8,11-12,14-18H2,1-4H3,(H,37,38)/t19-,20-. The first-order valence-electron chi connectivity index (χ1n) is 13.9. The largest absolute Gasteiger partial charge is 0.465 e. The van der Waals surface area contributed by atoms with Gasteiger partial charge in [0.1, 0.15) is 25.7 Å². The van der Waals surface area contributed by atoms with E-state index in [4.69, 9.17) is 9.47 Å². The highest BCUT2D eigenvalue weighted by atomic mass is 28.3. The summed E-state index contributed by atoms with van der Waals surface area (Å²) in [5.74, 6) is -0.345. The molecule has 2 amide bonds. The number of carbonyl (C=O) groups is 2. The van der Waals surface area contributed by atoms with E-state index in [2.05, 4.69) is 29.5 Å². The summed E-state index contributed by atoms with van der Waals surface area (Å²) in [6.07, 6.45) is -0.166. The van der Waals surface area contributed by atoms with Crippen LogP contribution in [-0.4, -0.2) is 97.0 Å². The fourth-order valence-corrected chi connectivity index (χ4v) is 6.41. The van der Waals surface area contributed by atoms with Gasteiger partial charge in [-0.15, -0.1) is 0 Å². The van der Waals surface area contributed by atoms with Crippen molar-refractivity contribution >= 4 is 36.8 Å². The topological polar surface area (TPSA) is 100 Å². The monoisotopic (exact) mass is 599 g/mol. The molecule has 1 fully saturated rings. The third-order valence-electron chi connectivity index (χ3n) is 7.78. The second kappa shape index (κ2) is 12.6. The molecule has 3 heterocycles. The summed E-state index contributed by atoms with van der Waals surface area (Å²) in [6, 6.07) is 3.01. The number of halogens is 3. The molecule has 1 aliphatic heterocycles. The highest BCUT2D eigenvalue weighted by Crippen LogP contribution is 2.39. The zero-order chi connectivity index (χ0) is 29.9. The van der Waals surface area contributed by atoms with Crippen molar-refractivity contribution in [2.24, 2.45) is 5.92 Å². The van der Waals surface area contributed by atoms with Crippen LogP contribution < -0.4 is 4.90 Å². The normalized spacial score (nSPS) is 20.0. The zero-order valence-corrected chi connectivity index (χ0v) is 25.1. The van der Waals surface area contributed by atoms with Crippen LogP contribution in [-0.2, 0) is 16.2 Å². The molecule has 2 aromatic heterocycles.